The number of primary amides is 1. The highest BCUT2D eigenvalue weighted by molar-refractivity contribution is 5.84. The average Bonchev–Trinajstić information content (AvgIpc) is 2.09. The van der Waals surface area contributed by atoms with Gasteiger partial charge in [0, 0.05) is 12.0 Å². The van der Waals surface area contributed by atoms with Gasteiger partial charge in [0.05, 0.1) is 0 Å². The minimum atomic E-state index is -0.771. The number of amides is 1. The fraction of sp³-hybridized carbons (Fsp3) is 0.875. The van der Waals surface area contributed by atoms with Crippen LogP contribution in [0.1, 0.15) is 27.2 Å². The first-order chi connectivity index (χ1) is 4.90. The van der Waals surface area contributed by atoms with E-state index in [1.807, 2.05) is 13.8 Å². The molecule has 0 saturated carbocycles. The van der Waals surface area contributed by atoms with E-state index < -0.39 is 5.60 Å². The van der Waals surface area contributed by atoms with E-state index in [-0.39, 0.29) is 11.3 Å². The van der Waals surface area contributed by atoms with Gasteiger partial charge in [-0.3, -0.25) is 4.79 Å². The van der Waals surface area contributed by atoms with Crippen molar-refractivity contribution in [3.8, 4) is 0 Å². The Hall–Kier alpha value is -0.570. The van der Waals surface area contributed by atoms with Crippen LogP contribution in [0, 0.1) is 5.41 Å². The summed E-state index contributed by atoms with van der Waals surface area (Å²) < 4.78 is 5.34. The molecule has 2 N–H and O–H groups in total. The molecule has 1 unspecified atom stereocenters. The number of carbonyl (C=O) groups excluding carboxylic acids is 1. The van der Waals surface area contributed by atoms with Gasteiger partial charge in [-0.25, -0.2) is 0 Å². The predicted octanol–water partition coefficient (Wildman–Crippen LogP) is 0.677. The maximum Gasteiger partial charge on any atom is 0.249 e. The molecule has 0 radical (unpaired) electrons. The van der Waals surface area contributed by atoms with Crippen LogP contribution in [0.3, 0.4) is 0 Å². The molecule has 3 nitrogen and oxygen atoms in total. The summed E-state index contributed by atoms with van der Waals surface area (Å²) in [7, 11) is 0. The molecule has 0 aromatic rings. The van der Waals surface area contributed by atoms with E-state index >= 15 is 0 Å². The number of rotatable bonds is 1. The van der Waals surface area contributed by atoms with E-state index in [4.69, 9.17) is 10.5 Å². The van der Waals surface area contributed by atoms with Crippen LogP contribution in [0.15, 0.2) is 0 Å². The smallest absolute Gasteiger partial charge is 0.249 e. The molecule has 64 valence electrons. The Morgan fingerprint density at radius 1 is 1.45 bits per heavy atom. The summed E-state index contributed by atoms with van der Waals surface area (Å²) in [6.07, 6.45) is 0.895. The quantitative estimate of drug-likeness (QED) is 0.608. The molecule has 1 fully saturated rings. The second-order valence-corrected chi connectivity index (χ2v) is 3.88. The van der Waals surface area contributed by atoms with E-state index in [0.717, 1.165) is 6.42 Å². The van der Waals surface area contributed by atoms with Crippen LogP contribution >= 0.6 is 0 Å². The third kappa shape index (κ3) is 1.03. The van der Waals surface area contributed by atoms with E-state index in [1.165, 1.54) is 0 Å². The van der Waals surface area contributed by atoms with Gasteiger partial charge in [0.25, 0.3) is 0 Å². The minimum absolute atomic E-state index is 0.126. The van der Waals surface area contributed by atoms with Crippen LogP contribution < -0.4 is 5.73 Å². The standard InChI is InChI=1S/C8H15NO2/c1-7(2)4-5-11-8(7,3)6(9)10/h4-5H2,1-3H3,(H2,9,10). The second kappa shape index (κ2) is 2.21. The molecule has 1 heterocycles. The van der Waals surface area contributed by atoms with Crippen molar-refractivity contribution in [2.45, 2.75) is 32.8 Å². The van der Waals surface area contributed by atoms with Crippen molar-refractivity contribution >= 4 is 5.91 Å². The molecular formula is C8H15NO2. The maximum atomic E-state index is 11.0. The summed E-state index contributed by atoms with van der Waals surface area (Å²) >= 11 is 0. The van der Waals surface area contributed by atoms with Gasteiger partial charge in [-0.2, -0.15) is 0 Å². The van der Waals surface area contributed by atoms with Crippen molar-refractivity contribution < 1.29 is 9.53 Å². The van der Waals surface area contributed by atoms with Crippen molar-refractivity contribution in [1.29, 1.82) is 0 Å². The van der Waals surface area contributed by atoms with E-state index in [0.29, 0.717) is 6.61 Å². The molecule has 1 saturated heterocycles. The summed E-state index contributed by atoms with van der Waals surface area (Å²) in [6.45, 7) is 6.41. The van der Waals surface area contributed by atoms with Crippen molar-refractivity contribution in [1.82, 2.24) is 0 Å². The Bertz CT molecular complexity index is 189. The maximum absolute atomic E-state index is 11.0. The first kappa shape index (κ1) is 8.53. The molecule has 0 aliphatic carbocycles. The molecule has 1 atom stereocenters. The lowest BCUT2D eigenvalue weighted by Gasteiger charge is -2.33. The lowest BCUT2D eigenvalue weighted by molar-refractivity contribution is -0.143. The van der Waals surface area contributed by atoms with Crippen molar-refractivity contribution in [2.24, 2.45) is 11.1 Å². The van der Waals surface area contributed by atoms with Gasteiger partial charge in [0.15, 0.2) is 0 Å². The van der Waals surface area contributed by atoms with Gasteiger partial charge < -0.3 is 10.5 Å². The lowest BCUT2D eigenvalue weighted by Crippen LogP contribution is -2.50. The van der Waals surface area contributed by atoms with E-state index in [9.17, 15) is 4.79 Å². The molecule has 11 heavy (non-hydrogen) atoms. The van der Waals surface area contributed by atoms with Gasteiger partial charge >= 0.3 is 0 Å². The zero-order valence-electron chi connectivity index (χ0n) is 7.31. The zero-order chi connectivity index (χ0) is 8.70. The first-order valence-corrected chi connectivity index (χ1v) is 3.84. The summed E-state index contributed by atoms with van der Waals surface area (Å²) in [5.74, 6) is -0.361. The third-order valence-corrected chi connectivity index (χ3v) is 2.88. The molecule has 0 bridgehead atoms. The van der Waals surface area contributed by atoms with Crippen molar-refractivity contribution in [2.75, 3.05) is 6.61 Å². The van der Waals surface area contributed by atoms with Crippen molar-refractivity contribution in [3.63, 3.8) is 0 Å². The molecule has 3 heteroatoms. The Balaban J connectivity index is 2.93. The van der Waals surface area contributed by atoms with E-state index in [2.05, 4.69) is 0 Å². The molecular weight excluding hydrogens is 142 g/mol. The number of carbonyl (C=O) groups is 1. The number of nitrogens with two attached hydrogens (primary N) is 1. The fourth-order valence-electron chi connectivity index (χ4n) is 1.35. The summed E-state index contributed by atoms with van der Waals surface area (Å²) in [5, 5.41) is 0. The van der Waals surface area contributed by atoms with Crippen LogP contribution in [0.25, 0.3) is 0 Å². The number of ether oxygens (including phenoxy) is 1. The van der Waals surface area contributed by atoms with Gasteiger partial charge in [-0.05, 0) is 13.3 Å². The minimum Gasteiger partial charge on any atom is -0.367 e. The largest absolute Gasteiger partial charge is 0.367 e. The molecule has 0 aromatic heterocycles. The van der Waals surface area contributed by atoms with Gasteiger partial charge in [0.2, 0.25) is 5.91 Å². The number of hydrogen-bond acceptors (Lipinski definition) is 2. The second-order valence-electron chi connectivity index (χ2n) is 3.88. The molecule has 1 rings (SSSR count). The Morgan fingerprint density at radius 2 is 2.00 bits per heavy atom. The molecule has 1 aliphatic rings. The first-order valence-electron chi connectivity index (χ1n) is 3.84. The van der Waals surface area contributed by atoms with Gasteiger partial charge in [-0.15, -0.1) is 0 Å². The zero-order valence-corrected chi connectivity index (χ0v) is 7.31. The third-order valence-electron chi connectivity index (χ3n) is 2.88. The highest BCUT2D eigenvalue weighted by Crippen LogP contribution is 2.42. The Morgan fingerprint density at radius 3 is 2.18 bits per heavy atom. The molecule has 0 spiro atoms. The van der Waals surface area contributed by atoms with Gasteiger partial charge in [0.1, 0.15) is 5.60 Å². The van der Waals surface area contributed by atoms with Gasteiger partial charge in [-0.1, -0.05) is 13.8 Å². The Labute approximate surface area is 66.9 Å². The van der Waals surface area contributed by atoms with E-state index in [1.54, 1.807) is 6.92 Å². The highest BCUT2D eigenvalue weighted by Gasteiger charge is 2.51. The molecule has 0 aromatic carbocycles. The highest BCUT2D eigenvalue weighted by atomic mass is 16.5. The Kier molecular flexibility index (Phi) is 1.71. The fourth-order valence-corrected chi connectivity index (χ4v) is 1.35. The number of hydrogen-bond donors (Lipinski definition) is 1. The summed E-state index contributed by atoms with van der Waals surface area (Å²) in [6, 6.07) is 0. The predicted molar refractivity (Wildman–Crippen MR) is 41.9 cm³/mol. The van der Waals surface area contributed by atoms with Crippen LogP contribution in [-0.4, -0.2) is 18.1 Å². The monoisotopic (exact) mass is 157 g/mol. The molecule has 1 amide bonds. The average molecular weight is 157 g/mol. The van der Waals surface area contributed by atoms with Crippen LogP contribution in [0.5, 0.6) is 0 Å². The van der Waals surface area contributed by atoms with Crippen LogP contribution in [-0.2, 0) is 9.53 Å². The lowest BCUT2D eigenvalue weighted by atomic mass is 9.75. The summed E-state index contributed by atoms with van der Waals surface area (Å²) in [4.78, 5) is 11.0. The van der Waals surface area contributed by atoms with Crippen LogP contribution in [0.4, 0.5) is 0 Å². The topological polar surface area (TPSA) is 52.3 Å². The van der Waals surface area contributed by atoms with Crippen molar-refractivity contribution in [3.05, 3.63) is 0 Å². The summed E-state index contributed by atoms with van der Waals surface area (Å²) in [5.41, 5.74) is 4.35. The van der Waals surface area contributed by atoms with Crippen LogP contribution in [0.2, 0.25) is 0 Å². The SMILES string of the molecule is CC1(C)CCOC1(C)C(N)=O. The normalized spacial score (nSPS) is 35.5. The molecule has 1 aliphatic heterocycles.